The van der Waals surface area contributed by atoms with Gasteiger partial charge in [0.25, 0.3) is 0 Å². The van der Waals surface area contributed by atoms with Gasteiger partial charge in [0.05, 0.1) is 0 Å². The third kappa shape index (κ3) is 1.33. The van der Waals surface area contributed by atoms with Crippen molar-refractivity contribution in [1.29, 1.82) is 0 Å². The van der Waals surface area contributed by atoms with Gasteiger partial charge in [0.2, 0.25) is 0 Å². The fourth-order valence-electron chi connectivity index (χ4n) is 2.59. The molecule has 14 heavy (non-hydrogen) atoms. The van der Waals surface area contributed by atoms with Crippen LogP contribution < -0.4 is 5.32 Å². The van der Waals surface area contributed by atoms with E-state index in [4.69, 9.17) is 0 Å². The molecule has 74 valence electrons. The first-order valence-corrected chi connectivity index (χ1v) is 6.22. The van der Waals surface area contributed by atoms with Crippen LogP contribution in [0.25, 0.3) is 5.57 Å². The second kappa shape index (κ2) is 3.21. The van der Waals surface area contributed by atoms with E-state index in [1.807, 2.05) is 11.3 Å². The van der Waals surface area contributed by atoms with E-state index in [-0.39, 0.29) is 0 Å². The van der Waals surface area contributed by atoms with E-state index in [1.54, 1.807) is 5.57 Å². The topological polar surface area (TPSA) is 12.0 Å². The minimum absolute atomic E-state index is 0.658. The number of hydrogen-bond donors (Lipinski definition) is 1. The molecule has 2 aliphatic rings. The third-order valence-corrected chi connectivity index (χ3v) is 4.39. The van der Waals surface area contributed by atoms with E-state index in [2.05, 4.69) is 29.8 Å². The highest BCUT2D eigenvalue weighted by Gasteiger charge is 2.28. The first-order chi connectivity index (χ1) is 6.83. The van der Waals surface area contributed by atoms with Gasteiger partial charge in [-0.15, -0.1) is 11.3 Å². The molecule has 0 saturated carbocycles. The van der Waals surface area contributed by atoms with Gasteiger partial charge >= 0.3 is 0 Å². The lowest BCUT2D eigenvalue weighted by atomic mass is 10.0. The Labute approximate surface area is 88.8 Å². The molecular formula is C12H15NS. The summed E-state index contributed by atoms with van der Waals surface area (Å²) in [5.74, 6) is 0. The zero-order chi connectivity index (χ0) is 9.54. The maximum absolute atomic E-state index is 3.63. The van der Waals surface area contributed by atoms with E-state index in [0.29, 0.717) is 6.04 Å². The Kier molecular flexibility index (Phi) is 1.99. The Morgan fingerprint density at radius 2 is 2.36 bits per heavy atom. The van der Waals surface area contributed by atoms with Crippen molar-refractivity contribution in [3.8, 4) is 0 Å². The lowest BCUT2D eigenvalue weighted by molar-refractivity contribution is 0.575. The van der Waals surface area contributed by atoms with Crippen molar-refractivity contribution < 1.29 is 0 Å². The number of rotatable bonds is 1. The molecular weight excluding hydrogens is 190 g/mol. The zero-order valence-corrected chi connectivity index (χ0v) is 9.23. The molecule has 1 N–H and O–H groups in total. The molecule has 2 unspecified atom stereocenters. The maximum Gasteiger partial charge on any atom is 0.0329 e. The quantitative estimate of drug-likeness (QED) is 0.743. The van der Waals surface area contributed by atoms with E-state index < -0.39 is 0 Å². The molecule has 2 bridgehead atoms. The SMILES string of the molecule is Cc1ccsc1C1=CC2CCC(C1)N2. The molecule has 0 aromatic carbocycles. The molecule has 3 rings (SSSR count). The molecule has 0 amide bonds. The van der Waals surface area contributed by atoms with Crippen LogP contribution in [0.3, 0.4) is 0 Å². The second-order valence-corrected chi connectivity index (χ2v) is 5.29. The van der Waals surface area contributed by atoms with Crippen molar-refractivity contribution in [3.05, 3.63) is 28.0 Å². The summed E-state index contributed by atoms with van der Waals surface area (Å²) in [7, 11) is 0. The average molecular weight is 205 g/mol. The minimum atomic E-state index is 0.658. The summed E-state index contributed by atoms with van der Waals surface area (Å²) in [4.78, 5) is 1.52. The number of nitrogens with one attached hydrogen (secondary N) is 1. The Morgan fingerprint density at radius 3 is 3.07 bits per heavy atom. The number of thiophene rings is 1. The van der Waals surface area contributed by atoms with Gasteiger partial charge in [0.1, 0.15) is 0 Å². The van der Waals surface area contributed by atoms with Crippen molar-refractivity contribution in [2.45, 2.75) is 38.3 Å². The van der Waals surface area contributed by atoms with Crippen molar-refractivity contribution in [2.24, 2.45) is 0 Å². The highest BCUT2D eigenvalue weighted by molar-refractivity contribution is 7.11. The summed E-state index contributed by atoms with van der Waals surface area (Å²) >= 11 is 1.89. The molecule has 0 spiro atoms. The Hall–Kier alpha value is -0.600. The molecule has 3 heterocycles. The fraction of sp³-hybridized carbons (Fsp3) is 0.500. The van der Waals surface area contributed by atoms with Crippen LogP contribution >= 0.6 is 11.3 Å². The molecule has 1 fully saturated rings. The average Bonchev–Trinajstić information content (AvgIpc) is 2.73. The number of fused-ring (bicyclic) bond motifs is 2. The molecule has 0 radical (unpaired) electrons. The van der Waals surface area contributed by atoms with Gasteiger partial charge in [-0.1, -0.05) is 6.08 Å². The Balaban J connectivity index is 1.96. The van der Waals surface area contributed by atoms with Crippen LogP contribution in [0.1, 0.15) is 29.7 Å². The van der Waals surface area contributed by atoms with Crippen LogP contribution in [0, 0.1) is 6.92 Å². The van der Waals surface area contributed by atoms with Crippen molar-refractivity contribution >= 4 is 16.9 Å². The highest BCUT2D eigenvalue weighted by Crippen LogP contribution is 2.35. The smallest absolute Gasteiger partial charge is 0.0329 e. The molecule has 1 saturated heterocycles. The van der Waals surface area contributed by atoms with Crippen LogP contribution in [0.5, 0.6) is 0 Å². The summed E-state index contributed by atoms with van der Waals surface area (Å²) in [5.41, 5.74) is 3.03. The van der Waals surface area contributed by atoms with Gasteiger partial charge in [-0.2, -0.15) is 0 Å². The lowest BCUT2D eigenvalue weighted by Crippen LogP contribution is -2.31. The summed E-state index contributed by atoms with van der Waals surface area (Å²) in [6, 6.07) is 3.64. The molecule has 1 aromatic rings. The summed E-state index contributed by atoms with van der Waals surface area (Å²) in [5, 5.41) is 5.83. The largest absolute Gasteiger partial charge is 0.307 e. The number of hydrogen-bond acceptors (Lipinski definition) is 2. The standard InChI is InChI=1S/C12H15NS/c1-8-4-5-14-12(8)9-6-10-2-3-11(7-9)13-10/h4-6,10-11,13H,2-3,7H2,1H3. The Bertz CT molecular complexity index is 377. The van der Waals surface area contributed by atoms with E-state index in [1.165, 1.54) is 29.7 Å². The van der Waals surface area contributed by atoms with Crippen LogP contribution in [0.15, 0.2) is 17.5 Å². The van der Waals surface area contributed by atoms with Crippen molar-refractivity contribution in [2.75, 3.05) is 0 Å². The van der Waals surface area contributed by atoms with Gasteiger partial charge < -0.3 is 5.32 Å². The first kappa shape index (κ1) is 8.69. The monoisotopic (exact) mass is 205 g/mol. The maximum atomic E-state index is 3.63. The van der Waals surface area contributed by atoms with E-state index in [9.17, 15) is 0 Å². The summed E-state index contributed by atoms with van der Waals surface area (Å²) in [6.45, 7) is 2.22. The molecule has 2 atom stereocenters. The summed E-state index contributed by atoms with van der Waals surface area (Å²) < 4.78 is 0. The van der Waals surface area contributed by atoms with Gasteiger partial charge in [-0.25, -0.2) is 0 Å². The lowest BCUT2D eigenvalue weighted by Gasteiger charge is -2.21. The first-order valence-electron chi connectivity index (χ1n) is 5.34. The van der Waals surface area contributed by atoms with Crippen molar-refractivity contribution in [1.82, 2.24) is 5.32 Å². The molecule has 2 heteroatoms. The minimum Gasteiger partial charge on any atom is -0.307 e. The van der Waals surface area contributed by atoms with E-state index in [0.717, 1.165) is 6.04 Å². The van der Waals surface area contributed by atoms with Gasteiger partial charge in [0, 0.05) is 17.0 Å². The Morgan fingerprint density at radius 1 is 1.43 bits per heavy atom. The molecule has 1 nitrogen and oxygen atoms in total. The van der Waals surface area contributed by atoms with Crippen LogP contribution in [-0.4, -0.2) is 12.1 Å². The highest BCUT2D eigenvalue weighted by atomic mass is 32.1. The van der Waals surface area contributed by atoms with Gasteiger partial charge in [-0.05, 0) is 48.8 Å². The van der Waals surface area contributed by atoms with Crippen molar-refractivity contribution in [3.63, 3.8) is 0 Å². The fourth-order valence-corrected chi connectivity index (χ4v) is 3.55. The third-order valence-electron chi connectivity index (χ3n) is 3.30. The predicted molar refractivity (Wildman–Crippen MR) is 61.6 cm³/mol. The normalized spacial score (nSPS) is 30.5. The zero-order valence-electron chi connectivity index (χ0n) is 8.42. The van der Waals surface area contributed by atoms with Crippen LogP contribution in [0.2, 0.25) is 0 Å². The molecule has 1 aromatic heterocycles. The number of aryl methyl sites for hydroxylation is 1. The van der Waals surface area contributed by atoms with Gasteiger partial charge in [0.15, 0.2) is 0 Å². The second-order valence-electron chi connectivity index (χ2n) is 4.38. The summed E-state index contributed by atoms with van der Waals surface area (Å²) in [6.07, 6.45) is 6.37. The van der Waals surface area contributed by atoms with Gasteiger partial charge in [-0.3, -0.25) is 0 Å². The van der Waals surface area contributed by atoms with E-state index >= 15 is 0 Å². The van der Waals surface area contributed by atoms with Crippen LogP contribution in [-0.2, 0) is 0 Å². The molecule has 0 aliphatic carbocycles. The van der Waals surface area contributed by atoms with Crippen LogP contribution in [0.4, 0.5) is 0 Å². The predicted octanol–water partition coefficient (Wildman–Crippen LogP) is 2.96. The molecule has 2 aliphatic heterocycles.